The van der Waals surface area contributed by atoms with E-state index in [0.717, 1.165) is 26.2 Å². The first kappa shape index (κ1) is 70.0. The molecule has 7 rings (SSSR count). The van der Waals surface area contributed by atoms with Crippen LogP contribution in [0.25, 0.3) is 0 Å². The van der Waals surface area contributed by atoms with E-state index in [9.17, 15) is 29.1 Å². The van der Waals surface area contributed by atoms with Gasteiger partial charge in [0.15, 0.2) is 23.8 Å². The number of ether oxygens (including phenoxy) is 9. The molecular weight excluding hydrogens is 1140 g/mol. The number of unbranched alkanes of at least 4 members (excludes halogenated alkanes) is 14. The number of fused-ring (bicyclic) bond motifs is 1. The standard InChI is InChI=1S/C71H97NO17/c1-9-11-12-13-14-15-16-17-18-19-20-21-22-23-33-40-58-81-44-53(85-58)45-82-68(80)88-62(60(50-34-27-24-28-35-50)72-65(77)51-36-29-25-30-37-51)67(79)87-55-41-42-69(6,7)59(47(55)3)61(84-48(4)73)64(76)70(8)56(75)43-57-71(46-83-57,89-49(5)74)63(70)54(10-2)86-66(78)52-38-31-26-32-39-52/h24-32,34-39,53-58,60-63,75H,9-23,33,40-46H2,1-8H3,(H,72,77)/t53-,54+,55-,56-,57+,58?,60-,61+,62+,63?,70+,71-/m0/s1. The van der Waals surface area contributed by atoms with Crippen molar-refractivity contribution < 1.29 is 81.3 Å². The Bertz CT molecular complexity index is 2830. The summed E-state index contributed by atoms with van der Waals surface area (Å²) in [5.41, 5.74) is -3.02. The van der Waals surface area contributed by atoms with Crippen molar-refractivity contribution in [3.63, 3.8) is 0 Å². The third kappa shape index (κ3) is 18.4. The smallest absolute Gasteiger partial charge is 0.458 e. The highest BCUT2D eigenvalue weighted by molar-refractivity contribution is 5.96. The van der Waals surface area contributed by atoms with Gasteiger partial charge in [-0.3, -0.25) is 19.2 Å². The van der Waals surface area contributed by atoms with Crippen LogP contribution in [0.1, 0.15) is 216 Å². The first-order chi connectivity index (χ1) is 42.7. The Hall–Kier alpha value is -6.47. The van der Waals surface area contributed by atoms with Crippen LogP contribution >= 0.6 is 0 Å². The second-order valence-electron chi connectivity index (χ2n) is 25.5. The number of esters is 4. The minimum absolute atomic E-state index is 0.105. The highest BCUT2D eigenvalue weighted by Crippen LogP contribution is 2.58. The van der Waals surface area contributed by atoms with Crippen molar-refractivity contribution in [2.24, 2.45) is 16.7 Å². The molecule has 3 aromatic rings. The minimum atomic E-state index is -1.97. The number of ketones is 1. The predicted octanol–water partition coefficient (Wildman–Crippen LogP) is 13.0. The van der Waals surface area contributed by atoms with E-state index in [0.29, 0.717) is 17.6 Å². The molecular formula is C71H97NO17. The molecule has 2 saturated heterocycles. The number of amides is 1. The second kappa shape index (κ2) is 33.6. The van der Waals surface area contributed by atoms with E-state index in [-0.39, 0.29) is 62.2 Å². The van der Waals surface area contributed by atoms with Gasteiger partial charge in [-0.25, -0.2) is 14.4 Å². The van der Waals surface area contributed by atoms with Crippen molar-refractivity contribution >= 4 is 41.7 Å². The maximum atomic E-state index is 16.1. The molecule has 12 atom stereocenters. The maximum Gasteiger partial charge on any atom is 0.509 e. The van der Waals surface area contributed by atoms with Crippen LogP contribution in [0.15, 0.2) is 102 Å². The minimum Gasteiger partial charge on any atom is -0.458 e. The number of nitrogens with one attached hydrogen (secondary N) is 1. The molecule has 3 fully saturated rings. The zero-order chi connectivity index (χ0) is 64.1. The van der Waals surface area contributed by atoms with E-state index in [1.807, 2.05) is 13.8 Å². The maximum absolute atomic E-state index is 16.1. The third-order valence-electron chi connectivity index (χ3n) is 18.5. The average Bonchev–Trinajstić information content (AvgIpc) is 0.873. The van der Waals surface area contributed by atoms with Gasteiger partial charge in [-0.2, -0.15) is 0 Å². The fraction of sp³-hybridized carbons (Fsp3) is 0.620. The first-order valence-corrected chi connectivity index (χ1v) is 32.6. The second-order valence-corrected chi connectivity index (χ2v) is 25.5. The lowest BCUT2D eigenvalue weighted by Crippen LogP contribution is -2.77. The van der Waals surface area contributed by atoms with Crippen molar-refractivity contribution in [1.29, 1.82) is 0 Å². The predicted molar refractivity (Wildman–Crippen MR) is 332 cm³/mol. The fourth-order valence-electron chi connectivity index (χ4n) is 13.6. The molecule has 1 saturated carbocycles. The summed E-state index contributed by atoms with van der Waals surface area (Å²) in [6, 6.07) is 23.7. The van der Waals surface area contributed by atoms with Gasteiger partial charge in [0.1, 0.15) is 37.1 Å². The summed E-state index contributed by atoms with van der Waals surface area (Å²) >= 11 is 0. The molecule has 0 bridgehead atoms. The Balaban J connectivity index is 1.09. The lowest BCUT2D eigenvalue weighted by molar-refractivity contribution is -0.329. The van der Waals surface area contributed by atoms with Crippen LogP contribution in [0, 0.1) is 16.7 Å². The number of benzene rings is 3. The zero-order valence-corrected chi connectivity index (χ0v) is 53.7. The van der Waals surface area contributed by atoms with Crippen LogP contribution in [-0.2, 0) is 61.8 Å². The van der Waals surface area contributed by atoms with Gasteiger partial charge in [0.05, 0.1) is 36.2 Å². The summed E-state index contributed by atoms with van der Waals surface area (Å²) in [6.07, 6.45) is 9.33. The number of Topliss-reactive ketones (excluding diaryl/α,β-unsaturated/α-hetero) is 1. The van der Waals surface area contributed by atoms with Crippen LogP contribution < -0.4 is 5.32 Å². The Labute approximate surface area is 526 Å². The summed E-state index contributed by atoms with van der Waals surface area (Å²) in [6.45, 7) is 13.0. The largest absolute Gasteiger partial charge is 0.509 e. The summed E-state index contributed by atoms with van der Waals surface area (Å²) in [4.78, 5) is 99.7. The molecule has 2 heterocycles. The van der Waals surface area contributed by atoms with Crippen LogP contribution in [0.3, 0.4) is 0 Å². The molecule has 3 aromatic carbocycles. The molecule has 1 amide bonds. The Morgan fingerprint density at radius 1 is 0.697 bits per heavy atom. The Kier molecular flexibility index (Phi) is 26.4. The number of aliphatic hydroxyl groups excluding tert-OH is 1. The van der Waals surface area contributed by atoms with Crippen molar-refractivity contribution in [3.05, 3.63) is 119 Å². The van der Waals surface area contributed by atoms with E-state index in [4.69, 9.17) is 42.6 Å². The first-order valence-electron chi connectivity index (χ1n) is 32.6. The van der Waals surface area contributed by atoms with Gasteiger partial charge in [0.2, 0.25) is 6.10 Å². The van der Waals surface area contributed by atoms with E-state index < -0.39 is 119 Å². The summed E-state index contributed by atoms with van der Waals surface area (Å²) in [5, 5.41) is 15.3. The van der Waals surface area contributed by atoms with Gasteiger partial charge in [-0.05, 0) is 92.3 Å². The van der Waals surface area contributed by atoms with E-state index in [2.05, 4.69) is 12.2 Å². The van der Waals surface area contributed by atoms with Gasteiger partial charge in [0.25, 0.3) is 5.91 Å². The van der Waals surface area contributed by atoms with E-state index in [1.165, 1.54) is 90.9 Å². The number of hydrogen-bond acceptors (Lipinski definition) is 17. The van der Waals surface area contributed by atoms with Crippen LogP contribution in [0.4, 0.5) is 4.79 Å². The summed E-state index contributed by atoms with van der Waals surface area (Å²) in [5.74, 6) is -5.94. The molecule has 0 aromatic heterocycles. The number of rotatable bonds is 34. The van der Waals surface area contributed by atoms with Gasteiger partial charge >= 0.3 is 30.0 Å². The normalized spacial score (nSPS) is 25.0. The molecule has 18 heteroatoms. The lowest BCUT2D eigenvalue weighted by Gasteiger charge is -2.63. The SMILES string of the molecule is CCCCCCCCCCCCCCCCCC1OC[C@@H](COC(=O)O[C@@H](C(=O)O[C@H]2CCC(C)(C)C([C@@H](OC(C)=O)C(=O)[C@@]3(C)C([C@@H](CC)OC(=O)c4ccccc4)[C@]4(OC(C)=O)CO[C@@H]4C[C@@H]3O)=C2C)[C@@H](NC(=O)c2ccccc2)c2ccccc2)O1. The van der Waals surface area contributed by atoms with Crippen LogP contribution in [0.5, 0.6) is 0 Å². The van der Waals surface area contributed by atoms with E-state index >= 15 is 9.59 Å². The van der Waals surface area contributed by atoms with E-state index in [1.54, 1.807) is 105 Å². The van der Waals surface area contributed by atoms with Crippen molar-refractivity contribution in [2.75, 3.05) is 19.8 Å². The molecule has 18 nitrogen and oxygen atoms in total. The van der Waals surface area contributed by atoms with Crippen molar-refractivity contribution in [3.8, 4) is 0 Å². The molecule has 0 radical (unpaired) electrons. The quantitative estimate of drug-likeness (QED) is 0.0245. The topological polar surface area (TPSA) is 235 Å². The highest BCUT2D eigenvalue weighted by Gasteiger charge is 2.73. The van der Waals surface area contributed by atoms with Gasteiger partial charge in [-0.1, -0.05) is 184 Å². The Morgan fingerprint density at radius 3 is 1.82 bits per heavy atom. The van der Waals surface area contributed by atoms with Crippen molar-refractivity contribution in [2.45, 2.75) is 244 Å². The molecule has 4 aliphatic rings. The van der Waals surface area contributed by atoms with Crippen molar-refractivity contribution in [1.82, 2.24) is 5.32 Å². The Morgan fingerprint density at radius 2 is 1.27 bits per heavy atom. The molecule has 2 aliphatic heterocycles. The fourth-order valence-corrected chi connectivity index (χ4v) is 13.6. The number of hydrogen-bond donors (Lipinski definition) is 2. The van der Waals surface area contributed by atoms with Gasteiger partial charge in [0, 0.05) is 25.8 Å². The third-order valence-corrected chi connectivity index (χ3v) is 18.5. The van der Waals surface area contributed by atoms with Crippen LogP contribution in [-0.4, -0.2) is 121 Å². The van der Waals surface area contributed by atoms with Crippen LogP contribution in [0.2, 0.25) is 0 Å². The van der Waals surface area contributed by atoms with Gasteiger partial charge in [-0.15, -0.1) is 0 Å². The number of carbonyl (C=O) groups is 7. The number of carbonyl (C=O) groups excluding carboxylic acids is 7. The van der Waals surface area contributed by atoms with Gasteiger partial charge < -0.3 is 53.1 Å². The molecule has 2 aliphatic carbocycles. The number of aliphatic hydroxyl groups is 1. The average molecular weight is 1240 g/mol. The lowest BCUT2D eigenvalue weighted by atomic mass is 9.51. The molecule has 488 valence electrons. The molecule has 2 unspecified atom stereocenters. The molecule has 0 spiro atoms. The monoisotopic (exact) mass is 1240 g/mol. The highest BCUT2D eigenvalue weighted by atomic mass is 16.8. The summed E-state index contributed by atoms with van der Waals surface area (Å²) < 4.78 is 54.5. The summed E-state index contributed by atoms with van der Waals surface area (Å²) in [7, 11) is 0. The molecule has 89 heavy (non-hydrogen) atoms. The zero-order valence-electron chi connectivity index (χ0n) is 53.7. The molecule has 2 N–H and O–H groups in total.